The Morgan fingerprint density at radius 2 is 1.79 bits per heavy atom. The monoisotopic (exact) mass is 266 g/mol. The third-order valence-electron chi connectivity index (χ3n) is 5.03. The Labute approximate surface area is 116 Å². The van der Waals surface area contributed by atoms with Crippen LogP contribution in [0.15, 0.2) is 0 Å². The molecule has 0 aromatic rings. The van der Waals surface area contributed by atoms with Gasteiger partial charge in [-0.05, 0) is 37.5 Å². The molecule has 0 aromatic heterocycles. The molecule has 0 N–H and O–H groups in total. The van der Waals surface area contributed by atoms with Crippen molar-refractivity contribution in [2.45, 2.75) is 70.8 Å². The Balaban J connectivity index is 2.00. The second-order valence-corrected chi connectivity index (χ2v) is 6.66. The fourth-order valence-electron chi connectivity index (χ4n) is 3.64. The first-order valence-electron chi connectivity index (χ1n) is 7.62. The first-order chi connectivity index (χ1) is 9.04. The zero-order valence-corrected chi connectivity index (χ0v) is 12.2. The minimum absolute atomic E-state index is 0.144. The van der Waals surface area contributed by atoms with Crippen LogP contribution in [0.2, 0.25) is 0 Å². The average molecular weight is 266 g/mol. The molecule has 0 spiro atoms. The van der Waals surface area contributed by atoms with Gasteiger partial charge in [-0.25, -0.2) is 0 Å². The van der Waals surface area contributed by atoms with Crippen LogP contribution in [0.4, 0.5) is 0 Å². The maximum Gasteiger partial charge on any atom is 0.164 e. The highest BCUT2D eigenvalue weighted by molar-refractivity contribution is 5.85. The number of hydrogen-bond donors (Lipinski definition) is 0. The molecule has 0 heterocycles. The van der Waals surface area contributed by atoms with Crippen molar-refractivity contribution < 1.29 is 14.3 Å². The fraction of sp³-hybridized carbons (Fsp3) is 0.875. The molecule has 0 radical (unpaired) electrons. The standard InChI is InChI=1S/C16H26O3/c1-16(9-7-13(17)8-10-16)11-12-5-3-4-6-14(19-2)15(12)18/h12,14H,3-11H2,1-2H3. The van der Waals surface area contributed by atoms with Crippen LogP contribution in [0.25, 0.3) is 0 Å². The van der Waals surface area contributed by atoms with Crippen LogP contribution < -0.4 is 0 Å². The lowest BCUT2D eigenvalue weighted by atomic mass is 9.69. The van der Waals surface area contributed by atoms with Gasteiger partial charge in [0.1, 0.15) is 11.9 Å². The molecule has 2 fully saturated rings. The molecule has 108 valence electrons. The third kappa shape index (κ3) is 3.65. The van der Waals surface area contributed by atoms with Crippen molar-refractivity contribution in [2.75, 3.05) is 7.11 Å². The SMILES string of the molecule is COC1CCCCC(CC2(C)CCC(=O)CC2)C1=O. The maximum absolute atomic E-state index is 12.5. The van der Waals surface area contributed by atoms with E-state index in [-0.39, 0.29) is 17.4 Å². The Kier molecular flexibility index (Phi) is 4.77. The quantitative estimate of drug-likeness (QED) is 0.736. The summed E-state index contributed by atoms with van der Waals surface area (Å²) in [5.41, 5.74) is 0.177. The molecule has 2 rings (SSSR count). The molecule has 0 bridgehead atoms. The van der Waals surface area contributed by atoms with Crippen LogP contribution in [-0.2, 0) is 14.3 Å². The zero-order valence-electron chi connectivity index (χ0n) is 12.2. The molecule has 2 unspecified atom stereocenters. The highest BCUT2D eigenvalue weighted by atomic mass is 16.5. The van der Waals surface area contributed by atoms with E-state index in [0.29, 0.717) is 24.4 Å². The van der Waals surface area contributed by atoms with E-state index >= 15 is 0 Å². The van der Waals surface area contributed by atoms with Crippen LogP contribution in [-0.4, -0.2) is 24.8 Å². The molecule has 2 aliphatic carbocycles. The molecule has 2 saturated carbocycles. The van der Waals surface area contributed by atoms with Gasteiger partial charge in [0.25, 0.3) is 0 Å². The van der Waals surface area contributed by atoms with Crippen LogP contribution in [0, 0.1) is 11.3 Å². The molecule has 0 aliphatic heterocycles. The first-order valence-corrected chi connectivity index (χ1v) is 7.62. The maximum atomic E-state index is 12.5. The second-order valence-electron chi connectivity index (χ2n) is 6.66. The van der Waals surface area contributed by atoms with Gasteiger partial charge in [0, 0.05) is 25.9 Å². The number of carbonyl (C=O) groups excluding carboxylic acids is 2. The summed E-state index contributed by atoms with van der Waals surface area (Å²) < 4.78 is 5.35. The lowest BCUT2D eigenvalue weighted by Gasteiger charge is -2.36. The van der Waals surface area contributed by atoms with Gasteiger partial charge in [-0.15, -0.1) is 0 Å². The van der Waals surface area contributed by atoms with Gasteiger partial charge < -0.3 is 4.74 Å². The molecule has 0 aromatic carbocycles. The van der Waals surface area contributed by atoms with Crippen LogP contribution >= 0.6 is 0 Å². The lowest BCUT2D eigenvalue weighted by molar-refractivity contribution is -0.134. The van der Waals surface area contributed by atoms with E-state index in [1.807, 2.05) is 0 Å². The smallest absolute Gasteiger partial charge is 0.164 e. The normalized spacial score (nSPS) is 32.1. The number of rotatable bonds is 3. The van der Waals surface area contributed by atoms with Crippen molar-refractivity contribution in [3.8, 4) is 0 Å². The summed E-state index contributed by atoms with van der Waals surface area (Å²) in [6.45, 7) is 2.25. The minimum atomic E-state index is -0.193. The Morgan fingerprint density at radius 1 is 1.16 bits per heavy atom. The van der Waals surface area contributed by atoms with Gasteiger partial charge in [-0.1, -0.05) is 19.8 Å². The molecule has 3 heteroatoms. The highest BCUT2D eigenvalue weighted by Gasteiger charge is 2.37. The first kappa shape index (κ1) is 14.7. The summed E-state index contributed by atoms with van der Waals surface area (Å²) in [6, 6.07) is 0. The lowest BCUT2D eigenvalue weighted by Crippen LogP contribution is -2.34. The van der Waals surface area contributed by atoms with Crippen molar-refractivity contribution in [3.63, 3.8) is 0 Å². The molecule has 0 saturated heterocycles. The molecule has 2 atom stereocenters. The van der Waals surface area contributed by atoms with E-state index in [9.17, 15) is 9.59 Å². The number of methoxy groups -OCH3 is 1. The van der Waals surface area contributed by atoms with E-state index in [2.05, 4.69) is 6.92 Å². The van der Waals surface area contributed by atoms with Crippen molar-refractivity contribution in [3.05, 3.63) is 0 Å². The number of Topliss-reactive ketones (excluding diaryl/α,β-unsaturated/α-hetero) is 2. The van der Waals surface area contributed by atoms with Gasteiger partial charge in [0.2, 0.25) is 0 Å². The topological polar surface area (TPSA) is 43.4 Å². The molecular weight excluding hydrogens is 240 g/mol. The minimum Gasteiger partial charge on any atom is -0.374 e. The second kappa shape index (κ2) is 6.17. The van der Waals surface area contributed by atoms with Crippen molar-refractivity contribution in [1.82, 2.24) is 0 Å². The summed E-state index contributed by atoms with van der Waals surface area (Å²) >= 11 is 0. The molecule has 19 heavy (non-hydrogen) atoms. The van der Waals surface area contributed by atoms with Gasteiger partial charge in [-0.2, -0.15) is 0 Å². The third-order valence-corrected chi connectivity index (χ3v) is 5.03. The summed E-state index contributed by atoms with van der Waals surface area (Å²) in [5.74, 6) is 0.836. The van der Waals surface area contributed by atoms with Gasteiger partial charge in [-0.3, -0.25) is 9.59 Å². The van der Waals surface area contributed by atoms with E-state index in [1.54, 1.807) is 7.11 Å². The molecule has 2 aliphatic rings. The van der Waals surface area contributed by atoms with E-state index in [0.717, 1.165) is 44.9 Å². The van der Waals surface area contributed by atoms with E-state index in [1.165, 1.54) is 0 Å². The van der Waals surface area contributed by atoms with E-state index in [4.69, 9.17) is 4.74 Å². The van der Waals surface area contributed by atoms with Crippen LogP contribution in [0.1, 0.15) is 64.7 Å². The fourth-order valence-corrected chi connectivity index (χ4v) is 3.64. The Bertz CT molecular complexity index is 338. The zero-order chi connectivity index (χ0) is 13.9. The van der Waals surface area contributed by atoms with Crippen molar-refractivity contribution in [1.29, 1.82) is 0 Å². The van der Waals surface area contributed by atoms with Crippen molar-refractivity contribution >= 4 is 11.6 Å². The summed E-state index contributed by atoms with van der Waals surface area (Å²) in [5, 5.41) is 0. The van der Waals surface area contributed by atoms with E-state index < -0.39 is 0 Å². The summed E-state index contributed by atoms with van der Waals surface area (Å²) in [4.78, 5) is 23.8. The number of ether oxygens (including phenoxy) is 1. The predicted molar refractivity (Wildman–Crippen MR) is 74.0 cm³/mol. The average Bonchev–Trinajstić information content (AvgIpc) is 2.56. The van der Waals surface area contributed by atoms with Crippen LogP contribution in [0.3, 0.4) is 0 Å². The number of ketones is 2. The summed E-state index contributed by atoms with van der Waals surface area (Å²) in [6.07, 6.45) is 8.15. The highest BCUT2D eigenvalue weighted by Crippen LogP contribution is 2.42. The molecule has 0 amide bonds. The molecular formula is C16H26O3. The summed E-state index contributed by atoms with van der Waals surface area (Å²) in [7, 11) is 1.64. The number of hydrogen-bond acceptors (Lipinski definition) is 3. The predicted octanol–water partition coefficient (Wildman–Crippen LogP) is 3.30. The molecule has 3 nitrogen and oxygen atoms in total. The van der Waals surface area contributed by atoms with Gasteiger partial charge in [0.05, 0.1) is 0 Å². The van der Waals surface area contributed by atoms with Gasteiger partial charge in [0.15, 0.2) is 5.78 Å². The Hall–Kier alpha value is -0.700. The van der Waals surface area contributed by atoms with Crippen molar-refractivity contribution in [2.24, 2.45) is 11.3 Å². The van der Waals surface area contributed by atoms with Crippen LogP contribution in [0.5, 0.6) is 0 Å². The van der Waals surface area contributed by atoms with Gasteiger partial charge >= 0.3 is 0 Å². The largest absolute Gasteiger partial charge is 0.374 e. The Morgan fingerprint density at radius 3 is 2.42 bits per heavy atom. The number of carbonyl (C=O) groups is 2.